The Kier molecular flexibility index (Phi) is 4.36. The molecule has 4 N–H and O–H groups in total. The summed E-state index contributed by atoms with van der Waals surface area (Å²) in [5, 5.41) is 12.5. The van der Waals surface area contributed by atoms with E-state index in [4.69, 9.17) is 5.73 Å². The molecule has 0 saturated heterocycles. The molecule has 96 valence electrons. The molecule has 0 heterocycles. The number of alkyl halides is 3. The van der Waals surface area contributed by atoms with Crippen LogP contribution >= 0.6 is 0 Å². The number of benzene rings is 1. The van der Waals surface area contributed by atoms with Gasteiger partial charge in [0.25, 0.3) is 0 Å². The summed E-state index contributed by atoms with van der Waals surface area (Å²) in [7, 11) is 1.70. The lowest BCUT2D eigenvalue weighted by atomic mass is 10.0. The van der Waals surface area contributed by atoms with Crippen molar-refractivity contribution in [2.24, 2.45) is 0 Å². The topological polar surface area (TPSA) is 58.3 Å². The van der Waals surface area contributed by atoms with Crippen LogP contribution in [0.25, 0.3) is 0 Å². The van der Waals surface area contributed by atoms with Crippen LogP contribution < -0.4 is 11.1 Å². The van der Waals surface area contributed by atoms with E-state index >= 15 is 0 Å². The summed E-state index contributed by atoms with van der Waals surface area (Å²) in [6, 6.07) is 2.97. The lowest BCUT2D eigenvalue weighted by Gasteiger charge is -2.15. The highest BCUT2D eigenvalue weighted by atomic mass is 19.4. The van der Waals surface area contributed by atoms with Gasteiger partial charge in [-0.05, 0) is 38.2 Å². The zero-order valence-electron chi connectivity index (χ0n) is 9.38. The Bertz CT molecular complexity index is 379. The normalized spacial score (nSPS) is 13.7. The molecule has 0 fully saturated rings. The number of rotatable bonds is 4. The van der Waals surface area contributed by atoms with Gasteiger partial charge in [-0.1, -0.05) is 0 Å². The predicted molar refractivity (Wildman–Crippen MR) is 59.4 cm³/mol. The number of aliphatic hydroxyl groups is 1. The van der Waals surface area contributed by atoms with Crippen molar-refractivity contribution in [3.63, 3.8) is 0 Å². The van der Waals surface area contributed by atoms with Crippen LogP contribution in [0, 0.1) is 0 Å². The molecule has 0 spiro atoms. The van der Waals surface area contributed by atoms with E-state index in [1.165, 1.54) is 6.07 Å². The molecule has 6 heteroatoms. The fraction of sp³-hybridized carbons (Fsp3) is 0.455. The summed E-state index contributed by atoms with van der Waals surface area (Å²) >= 11 is 0. The third-order valence-corrected chi connectivity index (χ3v) is 2.44. The molecule has 1 rings (SSSR count). The van der Waals surface area contributed by atoms with Crippen molar-refractivity contribution in [2.75, 3.05) is 19.3 Å². The van der Waals surface area contributed by atoms with Crippen LogP contribution in [0.3, 0.4) is 0 Å². The third-order valence-electron chi connectivity index (χ3n) is 2.44. The van der Waals surface area contributed by atoms with Crippen LogP contribution in [0.1, 0.15) is 23.7 Å². The average Bonchev–Trinajstić information content (AvgIpc) is 2.24. The molecule has 17 heavy (non-hydrogen) atoms. The molecule has 1 aromatic rings. The lowest BCUT2D eigenvalue weighted by Crippen LogP contribution is -2.14. The van der Waals surface area contributed by atoms with E-state index in [-0.39, 0.29) is 11.3 Å². The van der Waals surface area contributed by atoms with Crippen molar-refractivity contribution in [1.82, 2.24) is 5.32 Å². The van der Waals surface area contributed by atoms with Gasteiger partial charge >= 0.3 is 6.18 Å². The van der Waals surface area contributed by atoms with Gasteiger partial charge in [-0.2, -0.15) is 13.2 Å². The van der Waals surface area contributed by atoms with Crippen molar-refractivity contribution >= 4 is 5.69 Å². The van der Waals surface area contributed by atoms with E-state index in [2.05, 4.69) is 5.32 Å². The number of nitrogen functional groups attached to an aromatic ring is 1. The van der Waals surface area contributed by atoms with E-state index in [9.17, 15) is 18.3 Å². The summed E-state index contributed by atoms with van der Waals surface area (Å²) in [5.74, 6) is 0. The number of anilines is 1. The van der Waals surface area contributed by atoms with Crippen molar-refractivity contribution in [2.45, 2.75) is 18.7 Å². The fourth-order valence-corrected chi connectivity index (χ4v) is 1.48. The fourth-order valence-electron chi connectivity index (χ4n) is 1.48. The minimum absolute atomic E-state index is 0.120. The third kappa shape index (κ3) is 3.61. The highest BCUT2D eigenvalue weighted by molar-refractivity contribution is 5.50. The molecular weight excluding hydrogens is 233 g/mol. The molecule has 1 unspecified atom stereocenters. The summed E-state index contributed by atoms with van der Waals surface area (Å²) in [5.41, 5.74) is 5.05. The second kappa shape index (κ2) is 5.37. The number of halogens is 3. The summed E-state index contributed by atoms with van der Waals surface area (Å²) in [4.78, 5) is 0. The molecule has 0 amide bonds. The second-order valence-corrected chi connectivity index (χ2v) is 3.75. The van der Waals surface area contributed by atoms with Crippen LogP contribution in [-0.2, 0) is 6.18 Å². The van der Waals surface area contributed by atoms with Crippen LogP contribution in [0.4, 0.5) is 18.9 Å². The SMILES string of the molecule is CNCCC(O)c1cc(C(F)(F)F)ccc1N. The first-order valence-electron chi connectivity index (χ1n) is 5.15. The summed E-state index contributed by atoms with van der Waals surface area (Å²) in [6.45, 7) is 0.497. The molecule has 1 aromatic carbocycles. The molecule has 0 aliphatic carbocycles. The Morgan fingerprint density at radius 1 is 1.41 bits per heavy atom. The average molecular weight is 248 g/mol. The minimum atomic E-state index is -4.43. The zero-order chi connectivity index (χ0) is 13.1. The first-order chi connectivity index (χ1) is 7.86. The van der Waals surface area contributed by atoms with E-state index < -0.39 is 17.8 Å². The molecule has 0 radical (unpaired) electrons. The molecule has 0 aromatic heterocycles. The van der Waals surface area contributed by atoms with Gasteiger partial charge in [0.1, 0.15) is 0 Å². The van der Waals surface area contributed by atoms with Gasteiger partial charge in [-0.3, -0.25) is 0 Å². The Morgan fingerprint density at radius 3 is 2.59 bits per heavy atom. The van der Waals surface area contributed by atoms with Gasteiger partial charge < -0.3 is 16.2 Å². The van der Waals surface area contributed by atoms with Crippen molar-refractivity contribution < 1.29 is 18.3 Å². The predicted octanol–water partition coefficient (Wildman–Crippen LogP) is 1.93. The maximum absolute atomic E-state index is 12.5. The maximum Gasteiger partial charge on any atom is 0.416 e. The molecule has 0 aliphatic heterocycles. The maximum atomic E-state index is 12.5. The standard InChI is InChI=1S/C11H15F3N2O/c1-16-5-4-10(17)8-6-7(11(12,13)14)2-3-9(8)15/h2-3,6,10,16-17H,4-5,15H2,1H3. The zero-order valence-corrected chi connectivity index (χ0v) is 9.38. The highest BCUT2D eigenvalue weighted by Gasteiger charge is 2.31. The molecule has 0 aliphatic rings. The Morgan fingerprint density at radius 2 is 2.06 bits per heavy atom. The van der Waals surface area contributed by atoms with Crippen molar-refractivity contribution in [3.8, 4) is 0 Å². The molecule has 3 nitrogen and oxygen atoms in total. The van der Waals surface area contributed by atoms with Gasteiger partial charge in [-0.15, -0.1) is 0 Å². The Balaban J connectivity index is 2.98. The first-order valence-corrected chi connectivity index (χ1v) is 5.15. The minimum Gasteiger partial charge on any atom is -0.398 e. The van der Waals surface area contributed by atoms with Crippen LogP contribution in [-0.4, -0.2) is 18.7 Å². The first kappa shape index (κ1) is 13.8. The molecule has 0 saturated carbocycles. The van der Waals surface area contributed by atoms with Crippen molar-refractivity contribution in [3.05, 3.63) is 29.3 Å². The number of nitrogens with two attached hydrogens (primary N) is 1. The molecule has 0 bridgehead atoms. The van der Waals surface area contributed by atoms with Gasteiger partial charge in [0.2, 0.25) is 0 Å². The molecular formula is C11H15F3N2O. The van der Waals surface area contributed by atoms with E-state index in [1.807, 2.05) is 0 Å². The summed E-state index contributed by atoms with van der Waals surface area (Å²) < 4.78 is 37.4. The highest BCUT2D eigenvalue weighted by Crippen LogP contribution is 2.33. The van der Waals surface area contributed by atoms with E-state index in [1.54, 1.807) is 7.05 Å². The second-order valence-electron chi connectivity index (χ2n) is 3.75. The van der Waals surface area contributed by atoms with E-state index in [0.29, 0.717) is 13.0 Å². The van der Waals surface area contributed by atoms with Crippen LogP contribution in [0.15, 0.2) is 18.2 Å². The molecule has 1 atom stereocenters. The van der Waals surface area contributed by atoms with Crippen molar-refractivity contribution in [1.29, 1.82) is 0 Å². The van der Waals surface area contributed by atoms with Crippen LogP contribution in [0.2, 0.25) is 0 Å². The largest absolute Gasteiger partial charge is 0.416 e. The quantitative estimate of drug-likeness (QED) is 0.713. The van der Waals surface area contributed by atoms with E-state index in [0.717, 1.165) is 12.1 Å². The number of aliphatic hydroxyl groups excluding tert-OH is 1. The summed E-state index contributed by atoms with van der Waals surface area (Å²) in [6.07, 6.45) is -5.11. The number of nitrogens with one attached hydrogen (secondary N) is 1. The van der Waals surface area contributed by atoms with Gasteiger partial charge in [0.15, 0.2) is 0 Å². The Labute approximate surface area is 97.4 Å². The van der Waals surface area contributed by atoms with Gasteiger partial charge in [0.05, 0.1) is 11.7 Å². The monoisotopic (exact) mass is 248 g/mol. The Hall–Kier alpha value is -1.27. The number of hydrogen-bond donors (Lipinski definition) is 3. The van der Waals surface area contributed by atoms with Gasteiger partial charge in [-0.25, -0.2) is 0 Å². The van der Waals surface area contributed by atoms with Crippen LogP contribution in [0.5, 0.6) is 0 Å². The lowest BCUT2D eigenvalue weighted by molar-refractivity contribution is -0.137. The van der Waals surface area contributed by atoms with Gasteiger partial charge in [0, 0.05) is 11.3 Å². The number of hydrogen-bond acceptors (Lipinski definition) is 3. The smallest absolute Gasteiger partial charge is 0.398 e.